The van der Waals surface area contributed by atoms with Gasteiger partial charge in [0.2, 0.25) is 15.9 Å². The smallest absolute Gasteiger partial charge is 0.243 e. The quantitative estimate of drug-likeness (QED) is 0.782. The molecule has 1 aliphatic heterocycles. The van der Waals surface area contributed by atoms with Crippen LogP contribution in [0.15, 0.2) is 29.2 Å². The Morgan fingerprint density at radius 3 is 2.56 bits per heavy atom. The molecule has 1 aromatic carbocycles. The Labute approximate surface area is 161 Å². The summed E-state index contributed by atoms with van der Waals surface area (Å²) in [6.07, 6.45) is 2.96. The predicted molar refractivity (Wildman–Crippen MR) is 104 cm³/mol. The Balaban J connectivity index is 1.75. The second-order valence-corrected chi connectivity index (χ2v) is 8.78. The number of rotatable bonds is 7. The average molecular weight is 393 g/mol. The van der Waals surface area contributed by atoms with E-state index in [-0.39, 0.29) is 0 Å². The van der Waals surface area contributed by atoms with Crippen LogP contribution in [0, 0.1) is 6.92 Å². The first-order chi connectivity index (χ1) is 12.9. The Morgan fingerprint density at radius 1 is 1.15 bits per heavy atom. The number of hydrogen-bond donors (Lipinski definition) is 1. The number of hydrogen-bond acceptors (Lipinski definition) is 5. The molecule has 148 valence electrons. The lowest BCUT2D eigenvalue weighted by Gasteiger charge is -2.26. The Morgan fingerprint density at radius 2 is 1.85 bits per heavy atom. The van der Waals surface area contributed by atoms with Crippen molar-refractivity contribution < 1.29 is 13.2 Å². The molecule has 1 aromatic heterocycles. The van der Waals surface area contributed by atoms with Crippen LogP contribution < -0.4 is 10.1 Å². The van der Waals surface area contributed by atoms with Gasteiger partial charge < -0.3 is 10.1 Å². The molecule has 0 spiro atoms. The lowest BCUT2D eigenvalue weighted by molar-refractivity contribution is 0.346. The maximum Gasteiger partial charge on any atom is 0.243 e. The van der Waals surface area contributed by atoms with Crippen molar-refractivity contribution in [2.75, 3.05) is 20.2 Å². The number of ether oxygens (including phenoxy) is 1. The highest BCUT2D eigenvalue weighted by molar-refractivity contribution is 7.89. The lowest BCUT2D eigenvalue weighted by Crippen LogP contribution is -2.36. The van der Waals surface area contributed by atoms with Crippen molar-refractivity contribution in [3.8, 4) is 5.88 Å². The van der Waals surface area contributed by atoms with E-state index in [0.717, 1.165) is 36.1 Å². The molecule has 7 nitrogen and oxygen atoms in total. The molecule has 0 saturated carbocycles. The van der Waals surface area contributed by atoms with Crippen molar-refractivity contribution >= 4 is 10.0 Å². The van der Waals surface area contributed by atoms with Gasteiger partial charge in [-0.25, -0.2) is 13.1 Å². The van der Waals surface area contributed by atoms with E-state index < -0.39 is 10.0 Å². The second-order valence-electron chi connectivity index (χ2n) is 6.87. The zero-order chi connectivity index (χ0) is 19.4. The van der Waals surface area contributed by atoms with E-state index >= 15 is 0 Å². The van der Waals surface area contributed by atoms with E-state index in [1.165, 1.54) is 0 Å². The number of nitrogens with zero attached hydrogens (tertiary/aromatic N) is 3. The molecule has 0 bridgehead atoms. The first-order valence-corrected chi connectivity index (χ1v) is 10.7. The van der Waals surface area contributed by atoms with E-state index in [4.69, 9.17) is 4.74 Å². The Hall–Kier alpha value is -1.90. The fourth-order valence-electron chi connectivity index (χ4n) is 3.61. The minimum absolute atomic E-state index is 0.397. The van der Waals surface area contributed by atoms with Crippen LogP contribution in [0.2, 0.25) is 0 Å². The number of benzene rings is 1. The molecule has 0 aliphatic carbocycles. The van der Waals surface area contributed by atoms with Gasteiger partial charge in [0, 0.05) is 33.2 Å². The third kappa shape index (κ3) is 4.17. The topological polar surface area (TPSA) is 76.5 Å². The first kappa shape index (κ1) is 19.9. The maximum atomic E-state index is 13.1. The molecular weight excluding hydrogens is 364 g/mol. The molecule has 1 aliphatic rings. The molecule has 3 rings (SSSR count). The van der Waals surface area contributed by atoms with Crippen LogP contribution in [0.1, 0.15) is 36.1 Å². The highest BCUT2D eigenvalue weighted by atomic mass is 32.2. The molecule has 0 unspecified atom stereocenters. The van der Waals surface area contributed by atoms with Crippen molar-refractivity contribution in [3.63, 3.8) is 0 Å². The van der Waals surface area contributed by atoms with Crippen molar-refractivity contribution in [3.05, 3.63) is 41.1 Å². The highest BCUT2D eigenvalue weighted by Gasteiger charge is 2.27. The summed E-state index contributed by atoms with van der Waals surface area (Å²) in [7, 11) is 0.0161. The van der Waals surface area contributed by atoms with Crippen molar-refractivity contribution in [2.45, 2.75) is 44.2 Å². The minimum atomic E-state index is -3.45. The first-order valence-electron chi connectivity index (χ1n) is 9.30. The summed E-state index contributed by atoms with van der Waals surface area (Å²) in [6, 6.07) is 7.24. The van der Waals surface area contributed by atoms with Gasteiger partial charge in [-0.15, -0.1) is 0 Å². The minimum Gasteiger partial charge on any atom is -0.481 e. The van der Waals surface area contributed by atoms with Gasteiger partial charge in [-0.1, -0.05) is 24.6 Å². The molecule has 2 heterocycles. The van der Waals surface area contributed by atoms with E-state index in [2.05, 4.69) is 10.4 Å². The van der Waals surface area contributed by atoms with E-state index in [0.29, 0.717) is 37.0 Å². The molecule has 27 heavy (non-hydrogen) atoms. The van der Waals surface area contributed by atoms with Gasteiger partial charge in [0.15, 0.2) is 0 Å². The number of nitrogens with one attached hydrogen (secondary N) is 1. The summed E-state index contributed by atoms with van der Waals surface area (Å²) in [5.41, 5.74) is 2.66. The number of aryl methyl sites for hydroxylation is 2. The van der Waals surface area contributed by atoms with Gasteiger partial charge in [-0.05, 0) is 31.4 Å². The van der Waals surface area contributed by atoms with Crippen LogP contribution in [-0.2, 0) is 30.2 Å². The summed E-state index contributed by atoms with van der Waals surface area (Å²) < 4.78 is 34.9. The SMILES string of the molecule is COc1c(CNCc2ccccc2S(=O)(=O)N2CCCCC2)c(C)nn1C. The van der Waals surface area contributed by atoms with E-state index in [1.807, 2.05) is 26.1 Å². The van der Waals surface area contributed by atoms with Crippen molar-refractivity contribution in [2.24, 2.45) is 7.05 Å². The summed E-state index contributed by atoms with van der Waals surface area (Å²) in [5, 5.41) is 7.72. The van der Waals surface area contributed by atoms with Gasteiger partial charge in [0.1, 0.15) is 0 Å². The molecule has 2 aromatic rings. The molecule has 1 saturated heterocycles. The van der Waals surface area contributed by atoms with Gasteiger partial charge in [0.05, 0.1) is 23.3 Å². The maximum absolute atomic E-state index is 13.1. The summed E-state index contributed by atoms with van der Waals surface area (Å²) in [5.74, 6) is 0.717. The van der Waals surface area contributed by atoms with E-state index in [9.17, 15) is 8.42 Å². The average Bonchev–Trinajstić information content (AvgIpc) is 2.95. The number of piperidine rings is 1. The standard InChI is InChI=1S/C19H28N4O3S/c1-15-17(19(26-3)22(2)21-15)14-20-13-16-9-5-6-10-18(16)27(24,25)23-11-7-4-8-12-23/h5-6,9-10,20H,4,7-8,11-14H2,1-3H3. The molecule has 8 heteroatoms. The van der Waals surface area contributed by atoms with Crippen molar-refractivity contribution in [1.82, 2.24) is 19.4 Å². The van der Waals surface area contributed by atoms with E-state index in [1.54, 1.807) is 28.2 Å². The number of methoxy groups -OCH3 is 1. The van der Waals surface area contributed by atoms with Gasteiger partial charge in [0.25, 0.3) is 0 Å². The van der Waals surface area contributed by atoms with Gasteiger partial charge >= 0.3 is 0 Å². The highest BCUT2D eigenvalue weighted by Crippen LogP contribution is 2.24. The zero-order valence-corrected chi connectivity index (χ0v) is 17.1. The Kier molecular flexibility index (Phi) is 6.18. The molecule has 0 radical (unpaired) electrons. The van der Waals surface area contributed by atoms with Crippen molar-refractivity contribution in [1.29, 1.82) is 0 Å². The number of sulfonamides is 1. The van der Waals surface area contributed by atoms with Crippen LogP contribution in [0.3, 0.4) is 0 Å². The summed E-state index contributed by atoms with van der Waals surface area (Å²) in [4.78, 5) is 0.397. The van der Waals surface area contributed by atoms with Crippen LogP contribution in [0.4, 0.5) is 0 Å². The van der Waals surface area contributed by atoms with Crippen LogP contribution >= 0.6 is 0 Å². The fourth-order valence-corrected chi connectivity index (χ4v) is 5.35. The third-order valence-corrected chi connectivity index (χ3v) is 7.00. The predicted octanol–water partition coefficient (Wildman–Crippen LogP) is 2.20. The fraction of sp³-hybridized carbons (Fsp3) is 0.526. The molecule has 1 fully saturated rings. The van der Waals surface area contributed by atoms with Gasteiger partial charge in [-0.3, -0.25) is 0 Å². The molecule has 0 atom stereocenters. The molecule has 1 N–H and O–H groups in total. The normalized spacial score (nSPS) is 15.8. The zero-order valence-electron chi connectivity index (χ0n) is 16.2. The molecular formula is C19H28N4O3S. The summed E-state index contributed by atoms with van der Waals surface area (Å²) in [6.45, 7) is 4.17. The largest absolute Gasteiger partial charge is 0.481 e. The van der Waals surface area contributed by atoms with Crippen LogP contribution in [-0.4, -0.2) is 42.7 Å². The summed E-state index contributed by atoms with van der Waals surface area (Å²) >= 11 is 0. The second kappa shape index (κ2) is 8.41. The monoisotopic (exact) mass is 392 g/mol. The lowest BCUT2D eigenvalue weighted by atomic mass is 10.2. The Bertz CT molecular complexity index is 886. The number of aromatic nitrogens is 2. The van der Waals surface area contributed by atoms with Crippen LogP contribution in [0.25, 0.3) is 0 Å². The molecule has 0 amide bonds. The third-order valence-electron chi connectivity index (χ3n) is 5.00. The van der Waals surface area contributed by atoms with Crippen LogP contribution in [0.5, 0.6) is 5.88 Å². The van der Waals surface area contributed by atoms with Gasteiger partial charge in [-0.2, -0.15) is 9.40 Å².